The molecule has 0 aromatic heterocycles. The summed E-state index contributed by atoms with van der Waals surface area (Å²) in [6.07, 6.45) is 5.88. The summed E-state index contributed by atoms with van der Waals surface area (Å²) in [6, 6.07) is 8.80. The van der Waals surface area contributed by atoms with Crippen molar-refractivity contribution < 1.29 is 28.5 Å². The van der Waals surface area contributed by atoms with Gasteiger partial charge in [-0.1, -0.05) is 11.6 Å². The van der Waals surface area contributed by atoms with Gasteiger partial charge in [0.05, 0.1) is 39.0 Å². The molecule has 2 aromatic rings. The lowest BCUT2D eigenvalue weighted by Crippen LogP contribution is -2.44. The average Bonchev–Trinajstić information content (AvgIpc) is 3.35. The molecule has 2 aliphatic heterocycles. The Hall–Kier alpha value is -3.39. The van der Waals surface area contributed by atoms with Gasteiger partial charge in [-0.05, 0) is 66.6 Å². The number of ether oxygens (including phenoxy) is 4. The summed E-state index contributed by atoms with van der Waals surface area (Å²) in [5.74, 6) is 2.00. The first-order valence-corrected chi connectivity index (χ1v) is 12.6. The van der Waals surface area contributed by atoms with Gasteiger partial charge in [0.2, 0.25) is 5.91 Å². The van der Waals surface area contributed by atoms with E-state index in [0.717, 1.165) is 19.3 Å². The van der Waals surface area contributed by atoms with Crippen LogP contribution in [0, 0.1) is 5.41 Å². The molecule has 0 saturated carbocycles. The Bertz CT molecular complexity index is 1190. The molecule has 8 nitrogen and oxygen atoms in total. The first-order valence-electron chi connectivity index (χ1n) is 12.2. The van der Waals surface area contributed by atoms with E-state index in [9.17, 15) is 9.59 Å². The number of rotatable bonds is 7. The van der Waals surface area contributed by atoms with Gasteiger partial charge >= 0.3 is 0 Å². The predicted octanol–water partition coefficient (Wildman–Crippen LogP) is 4.54. The maximum Gasteiger partial charge on any atom is 0.257 e. The van der Waals surface area contributed by atoms with Crippen molar-refractivity contribution in [3.8, 4) is 23.0 Å². The van der Waals surface area contributed by atoms with E-state index >= 15 is 0 Å². The lowest BCUT2D eigenvalue weighted by molar-refractivity contribution is -0.125. The van der Waals surface area contributed by atoms with Gasteiger partial charge < -0.3 is 28.7 Å². The highest BCUT2D eigenvalue weighted by atomic mass is 35.5. The highest BCUT2D eigenvalue weighted by molar-refractivity contribution is 6.33. The maximum atomic E-state index is 13.2. The quantitative estimate of drug-likeness (QED) is 0.491. The molecule has 2 aliphatic rings. The third-order valence-electron chi connectivity index (χ3n) is 7.42. The van der Waals surface area contributed by atoms with E-state index in [4.69, 9.17) is 30.5 Å². The first-order chi connectivity index (χ1) is 17.8. The van der Waals surface area contributed by atoms with E-state index in [1.807, 2.05) is 9.80 Å². The Morgan fingerprint density at radius 2 is 1.51 bits per heavy atom. The molecule has 9 heteroatoms. The monoisotopic (exact) mass is 528 g/mol. The molecule has 0 unspecified atom stereocenters. The van der Waals surface area contributed by atoms with Crippen molar-refractivity contribution in [2.45, 2.75) is 19.3 Å². The van der Waals surface area contributed by atoms with Gasteiger partial charge in [-0.25, -0.2) is 0 Å². The second-order valence-corrected chi connectivity index (χ2v) is 9.78. The van der Waals surface area contributed by atoms with E-state index in [1.165, 1.54) is 7.11 Å². The summed E-state index contributed by atoms with van der Waals surface area (Å²) in [4.78, 5) is 30.0. The third-order valence-corrected chi connectivity index (χ3v) is 7.81. The molecule has 0 radical (unpaired) electrons. The van der Waals surface area contributed by atoms with Crippen LogP contribution in [0.15, 0.2) is 36.4 Å². The highest BCUT2D eigenvalue weighted by Crippen LogP contribution is 2.41. The number of carbonyl (C=O) groups is 2. The van der Waals surface area contributed by atoms with E-state index < -0.39 is 0 Å². The Morgan fingerprint density at radius 3 is 2.14 bits per heavy atom. The number of likely N-dealkylation sites (tertiary alicyclic amines) is 2. The molecule has 0 bridgehead atoms. The zero-order chi connectivity index (χ0) is 26.6. The summed E-state index contributed by atoms with van der Waals surface area (Å²) in [6.45, 7) is 2.65. The first kappa shape index (κ1) is 26.7. The van der Waals surface area contributed by atoms with Gasteiger partial charge in [0, 0.05) is 32.3 Å². The number of benzene rings is 2. The molecule has 0 aliphatic carbocycles. The summed E-state index contributed by atoms with van der Waals surface area (Å²) in [5, 5.41) is 0.397. The van der Waals surface area contributed by atoms with Gasteiger partial charge in [0.25, 0.3) is 5.91 Å². The number of amides is 2. The SMILES string of the molecule is COc1ccc(OC)c(C(=O)N2CCC3(CCN(C(=O)/C=C/c4ccc(OC)c(OC)c4Cl)C3)CC2)c1. The van der Waals surface area contributed by atoms with E-state index in [0.29, 0.717) is 65.3 Å². The van der Waals surface area contributed by atoms with Gasteiger partial charge in [0.15, 0.2) is 11.5 Å². The molecular weight excluding hydrogens is 496 g/mol. The third kappa shape index (κ3) is 5.49. The fourth-order valence-electron chi connectivity index (χ4n) is 5.17. The molecular formula is C28H33ClN2O6. The second-order valence-electron chi connectivity index (χ2n) is 9.41. The normalized spacial score (nSPS) is 16.8. The molecule has 4 rings (SSSR count). The van der Waals surface area contributed by atoms with Crippen LogP contribution in [-0.2, 0) is 4.79 Å². The maximum absolute atomic E-state index is 13.2. The van der Waals surface area contributed by atoms with E-state index in [2.05, 4.69) is 0 Å². The van der Waals surface area contributed by atoms with Crippen LogP contribution in [0.2, 0.25) is 5.02 Å². The Balaban J connectivity index is 1.37. The van der Waals surface area contributed by atoms with Crippen LogP contribution in [0.3, 0.4) is 0 Å². The zero-order valence-electron chi connectivity index (χ0n) is 21.7. The van der Waals surface area contributed by atoms with Crippen molar-refractivity contribution in [2.24, 2.45) is 5.41 Å². The molecule has 2 amide bonds. The van der Waals surface area contributed by atoms with Gasteiger partial charge in [-0.2, -0.15) is 0 Å². The molecule has 2 saturated heterocycles. The van der Waals surface area contributed by atoms with Crippen molar-refractivity contribution in [1.82, 2.24) is 9.80 Å². The van der Waals surface area contributed by atoms with Crippen LogP contribution in [0.4, 0.5) is 0 Å². The minimum Gasteiger partial charge on any atom is -0.497 e. The van der Waals surface area contributed by atoms with Crippen molar-refractivity contribution >= 4 is 29.5 Å². The van der Waals surface area contributed by atoms with E-state index in [1.54, 1.807) is 63.8 Å². The van der Waals surface area contributed by atoms with Crippen LogP contribution in [0.5, 0.6) is 23.0 Å². The fourth-order valence-corrected chi connectivity index (χ4v) is 5.46. The summed E-state index contributed by atoms with van der Waals surface area (Å²) < 4.78 is 21.3. The Morgan fingerprint density at radius 1 is 0.865 bits per heavy atom. The Kier molecular flexibility index (Phi) is 8.17. The molecule has 2 aromatic carbocycles. The lowest BCUT2D eigenvalue weighted by Gasteiger charge is -2.39. The molecule has 0 atom stereocenters. The average molecular weight is 529 g/mol. The number of hydrogen-bond donors (Lipinski definition) is 0. The summed E-state index contributed by atoms with van der Waals surface area (Å²) >= 11 is 6.44. The van der Waals surface area contributed by atoms with Crippen molar-refractivity contribution in [2.75, 3.05) is 54.6 Å². The van der Waals surface area contributed by atoms with Crippen LogP contribution >= 0.6 is 11.6 Å². The van der Waals surface area contributed by atoms with Crippen LogP contribution < -0.4 is 18.9 Å². The molecule has 37 heavy (non-hydrogen) atoms. The van der Waals surface area contributed by atoms with Crippen molar-refractivity contribution in [3.05, 3.63) is 52.6 Å². The number of hydrogen-bond acceptors (Lipinski definition) is 6. The number of piperidine rings is 1. The Labute approximate surface area is 222 Å². The fraction of sp³-hybridized carbons (Fsp3) is 0.429. The lowest BCUT2D eigenvalue weighted by atomic mass is 9.77. The minimum atomic E-state index is -0.0636. The van der Waals surface area contributed by atoms with Crippen LogP contribution in [0.25, 0.3) is 6.08 Å². The van der Waals surface area contributed by atoms with Gasteiger partial charge in [-0.15, -0.1) is 0 Å². The van der Waals surface area contributed by atoms with Crippen LogP contribution in [0.1, 0.15) is 35.2 Å². The zero-order valence-corrected chi connectivity index (χ0v) is 22.5. The molecule has 2 heterocycles. The van der Waals surface area contributed by atoms with Crippen molar-refractivity contribution in [3.63, 3.8) is 0 Å². The number of methoxy groups -OCH3 is 4. The standard InChI is InChI=1S/C28H33ClN2O6/c1-34-20-7-9-22(35-2)21(17-20)27(33)30-14-11-28(12-15-30)13-16-31(18-28)24(32)10-6-19-5-8-23(36-3)26(37-4)25(19)29/h5-10,17H,11-16,18H2,1-4H3/b10-6+. The summed E-state index contributed by atoms with van der Waals surface area (Å²) in [5.41, 5.74) is 1.21. The van der Waals surface area contributed by atoms with Crippen molar-refractivity contribution in [1.29, 1.82) is 0 Å². The molecule has 0 N–H and O–H groups in total. The largest absolute Gasteiger partial charge is 0.497 e. The predicted molar refractivity (Wildman–Crippen MR) is 142 cm³/mol. The molecule has 2 fully saturated rings. The minimum absolute atomic E-state index is 0.0275. The number of nitrogens with zero attached hydrogens (tertiary/aromatic N) is 2. The smallest absolute Gasteiger partial charge is 0.257 e. The van der Waals surface area contributed by atoms with E-state index in [-0.39, 0.29) is 17.2 Å². The second kappa shape index (κ2) is 11.3. The highest BCUT2D eigenvalue weighted by Gasteiger charge is 2.42. The topological polar surface area (TPSA) is 77.5 Å². The van der Waals surface area contributed by atoms with Crippen LogP contribution in [-0.4, -0.2) is 76.2 Å². The number of halogens is 1. The van der Waals surface area contributed by atoms with Gasteiger partial charge in [0.1, 0.15) is 11.5 Å². The molecule has 1 spiro atoms. The number of carbonyl (C=O) groups excluding carboxylic acids is 2. The molecule has 198 valence electrons. The van der Waals surface area contributed by atoms with Gasteiger partial charge in [-0.3, -0.25) is 9.59 Å². The summed E-state index contributed by atoms with van der Waals surface area (Å²) in [7, 11) is 6.21.